The smallest absolute Gasteiger partial charge is 0.191 e. The summed E-state index contributed by atoms with van der Waals surface area (Å²) in [6.07, 6.45) is 1.23. The molecule has 2 rings (SSSR count). The lowest BCUT2D eigenvalue weighted by molar-refractivity contribution is 0.601. The van der Waals surface area contributed by atoms with E-state index in [0.29, 0.717) is 17.4 Å². The highest BCUT2D eigenvalue weighted by Gasteiger charge is 2.10. The molecular formula is C16H22IN3O2S2. The number of aliphatic imine (C=N–C) groups is 1. The SMILES string of the molecule is CN=C(NCc1ccsc1)NCc1ccc(S(C)(=O)=O)c(C)c1.I. The molecule has 132 valence electrons. The second-order valence-corrected chi connectivity index (χ2v) is 8.05. The van der Waals surface area contributed by atoms with Crippen LogP contribution in [0.5, 0.6) is 0 Å². The standard InChI is InChI=1S/C16H21N3O2S2.HI/c1-12-8-13(4-5-15(12)23(3,20)21)9-18-16(17-2)19-10-14-6-7-22-11-14;/h4-8,11H,9-10H2,1-3H3,(H2,17,18,19);1H. The van der Waals surface area contributed by atoms with E-state index in [1.165, 1.54) is 11.8 Å². The van der Waals surface area contributed by atoms with E-state index in [-0.39, 0.29) is 24.0 Å². The van der Waals surface area contributed by atoms with Crippen LogP contribution in [0.2, 0.25) is 0 Å². The number of benzene rings is 1. The van der Waals surface area contributed by atoms with E-state index in [2.05, 4.69) is 27.1 Å². The monoisotopic (exact) mass is 479 g/mol. The molecule has 0 unspecified atom stereocenters. The molecule has 0 fully saturated rings. The second kappa shape index (κ2) is 9.38. The Labute approximate surface area is 164 Å². The third kappa shape index (κ3) is 6.06. The normalized spacial score (nSPS) is 11.7. The number of hydrogen-bond acceptors (Lipinski definition) is 4. The van der Waals surface area contributed by atoms with Crippen molar-refractivity contribution in [3.8, 4) is 0 Å². The molecule has 1 aromatic carbocycles. The number of sulfone groups is 1. The van der Waals surface area contributed by atoms with Crippen LogP contribution in [0, 0.1) is 6.92 Å². The summed E-state index contributed by atoms with van der Waals surface area (Å²) in [5, 5.41) is 10.6. The number of aryl methyl sites for hydroxylation is 1. The Balaban J connectivity index is 0.00000288. The molecule has 0 radical (unpaired) electrons. The summed E-state index contributed by atoms with van der Waals surface area (Å²) < 4.78 is 23.3. The molecule has 0 spiro atoms. The fraction of sp³-hybridized carbons (Fsp3) is 0.312. The van der Waals surface area contributed by atoms with Crippen LogP contribution in [0.25, 0.3) is 0 Å². The molecule has 8 heteroatoms. The molecule has 2 aromatic rings. The fourth-order valence-electron chi connectivity index (χ4n) is 2.22. The van der Waals surface area contributed by atoms with Crippen LogP contribution in [0.1, 0.15) is 16.7 Å². The molecule has 1 aromatic heterocycles. The lowest BCUT2D eigenvalue weighted by Gasteiger charge is -2.12. The number of thiophene rings is 1. The minimum Gasteiger partial charge on any atom is -0.352 e. The number of rotatable bonds is 5. The van der Waals surface area contributed by atoms with Gasteiger partial charge in [0, 0.05) is 26.4 Å². The number of halogens is 1. The van der Waals surface area contributed by atoms with Crippen molar-refractivity contribution in [1.82, 2.24) is 10.6 Å². The van der Waals surface area contributed by atoms with Crippen molar-refractivity contribution in [1.29, 1.82) is 0 Å². The van der Waals surface area contributed by atoms with E-state index in [0.717, 1.165) is 17.7 Å². The molecule has 1 heterocycles. The van der Waals surface area contributed by atoms with E-state index in [4.69, 9.17) is 0 Å². The van der Waals surface area contributed by atoms with Gasteiger partial charge in [-0.2, -0.15) is 11.3 Å². The molecule has 24 heavy (non-hydrogen) atoms. The van der Waals surface area contributed by atoms with Gasteiger partial charge in [-0.05, 0) is 46.5 Å². The number of nitrogens with one attached hydrogen (secondary N) is 2. The van der Waals surface area contributed by atoms with Crippen molar-refractivity contribution in [2.75, 3.05) is 13.3 Å². The predicted molar refractivity (Wildman–Crippen MR) is 111 cm³/mol. The predicted octanol–water partition coefficient (Wildman–Crippen LogP) is 2.94. The zero-order chi connectivity index (χ0) is 16.9. The van der Waals surface area contributed by atoms with Crippen LogP contribution in [0.4, 0.5) is 0 Å². The van der Waals surface area contributed by atoms with E-state index in [1.807, 2.05) is 24.4 Å². The Hall–Kier alpha value is -1.13. The highest BCUT2D eigenvalue weighted by molar-refractivity contribution is 14.0. The van der Waals surface area contributed by atoms with E-state index in [9.17, 15) is 8.42 Å². The van der Waals surface area contributed by atoms with Crippen LogP contribution in [0.15, 0.2) is 44.9 Å². The van der Waals surface area contributed by atoms with Gasteiger partial charge < -0.3 is 10.6 Å². The van der Waals surface area contributed by atoms with Crippen molar-refractivity contribution in [2.45, 2.75) is 24.9 Å². The molecule has 0 bridgehead atoms. The number of guanidine groups is 1. The molecule has 2 N–H and O–H groups in total. The van der Waals surface area contributed by atoms with Gasteiger partial charge in [-0.15, -0.1) is 24.0 Å². The van der Waals surface area contributed by atoms with Crippen molar-refractivity contribution in [3.63, 3.8) is 0 Å². The Morgan fingerprint density at radius 3 is 2.33 bits per heavy atom. The zero-order valence-electron chi connectivity index (χ0n) is 13.9. The summed E-state index contributed by atoms with van der Waals surface area (Å²) in [7, 11) is -1.45. The van der Waals surface area contributed by atoms with Gasteiger partial charge in [-0.25, -0.2) is 8.42 Å². The Kier molecular flexibility index (Phi) is 8.17. The molecule has 0 amide bonds. The maximum Gasteiger partial charge on any atom is 0.191 e. The average Bonchev–Trinajstić information content (AvgIpc) is 2.99. The minimum atomic E-state index is -3.18. The van der Waals surface area contributed by atoms with Gasteiger partial charge in [0.05, 0.1) is 4.90 Å². The summed E-state index contributed by atoms with van der Waals surface area (Å²) in [5.41, 5.74) is 2.98. The van der Waals surface area contributed by atoms with E-state index in [1.54, 1.807) is 24.5 Å². The van der Waals surface area contributed by atoms with Crippen molar-refractivity contribution < 1.29 is 8.42 Å². The molecule has 0 aliphatic rings. The zero-order valence-corrected chi connectivity index (χ0v) is 17.8. The molecule has 0 aliphatic carbocycles. The Morgan fingerprint density at radius 2 is 1.83 bits per heavy atom. The van der Waals surface area contributed by atoms with Gasteiger partial charge in [-0.1, -0.05) is 12.1 Å². The third-order valence-electron chi connectivity index (χ3n) is 3.36. The van der Waals surface area contributed by atoms with Crippen LogP contribution in [-0.4, -0.2) is 27.7 Å². The number of nitrogens with zero attached hydrogens (tertiary/aromatic N) is 1. The first-order valence-corrected chi connectivity index (χ1v) is 9.99. The van der Waals surface area contributed by atoms with Gasteiger partial charge >= 0.3 is 0 Å². The van der Waals surface area contributed by atoms with Crippen LogP contribution < -0.4 is 10.6 Å². The van der Waals surface area contributed by atoms with Crippen LogP contribution in [0.3, 0.4) is 0 Å². The van der Waals surface area contributed by atoms with Gasteiger partial charge in [0.1, 0.15) is 0 Å². The lowest BCUT2D eigenvalue weighted by atomic mass is 10.1. The van der Waals surface area contributed by atoms with Crippen molar-refractivity contribution >= 4 is 51.1 Å². The summed E-state index contributed by atoms with van der Waals surface area (Å²) in [5.74, 6) is 0.709. The lowest BCUT2D eigenvalue weighted by Crippen LogP contribution is -2.36. The number of hydrogen-bond donors (Lipinski definition) is 2. The Morgan fingerprint density at radius 1 is 1.17 bits per heavy atom. The van der Waals surface area contributed by atoms with Gasteiger partial charge in [-0.3, -0.25) is 4.99 Å². The topological polar surface area (TPSA) is 70.6 Å². The fourth-order valence-corrected chi connectivity index (χ4v) is 3.85. The molecule has 0 aliphatic heterocycles. The maximum atomic E-state index is 11.6. The summed E-state index contributed by atoms with van der Waals surface area (Å²) in [4.78, 5) is 4.56. The van der Waals surface area contributed by atoms with Crippen molar-refractivity contribution in [3.05, 3.63) is 51.7 Å². The molecule has 5 nitrogen and oxygen atoms in total. The van der Waals surface area contributed by atoms with E-state index >= 15 is 0 Å². The van der Waals surface area contributed by atoms with Gasteiger partial charge in [0.15, 0.2) is 15.8 Å². The first-order valence-electron chi connectivity index (χ1n) is 7.15. The molecule has 0 saturated carbocycles. The molecular weight excluding hydrogens is 457 g/mol. The largest absolute Gasteiger partial charge is 0.352 e. The second-order valence-electron chi connectivity index (χ2n) is 5.28. The first-order chi connectivity index (χ1) is 10.9. The van der Waals surface area contributed by atoms with E-state index < -0.39 is 9.84 Å². The summed E-state index contributed by atoms with van der Waals surface area (Å²) in [6, 6.07) is 7.43. The van der Waals surface area contributed by atoms with Gasteiger partial charge in [0.2, 0.25) is 0 Å². The summed E-state index contributed by atoms with van der Waals surface area (Å²) in [6.45, 7) is 3.10. The van der Waals surface area contributed by atoms with Gasteiger partial charge in [0.25, 0.3) is 0 Å². The summed E-state index contributed by atoms with van der Waals surface area (Å²) >= 11 is 1.66. The third-order valence-corrected chi connectivity index (χ3v) is 5.35. The quantitative estimate of drug-likeness (QED) is 0.393. The van der Waals surface area contributed by atoms with Crippen LogP contribution >= 0.6 is 35.3 Å². The minimum absolute atomic E-state index is 0. The first kappa shape index (κ1) is 20.9. The maximum absolute atomic E-state index is 11.6. The van der Waals surface area contributed by atoms with Crippen LogP contribution in [-0.2, 0) is 22.9 Å². The molecule has 0 saturated heterocycles. The highest BCUT2D eigenvalue weighted by Crippen LogP contribution is 2.16. The highest BCUT2D eigenvalue weighted by atomic mass is 127. The molecule has 0 atom stereocenters. The average molecular weight is 479 g/mol. The Bertz CT molecular complexity index is 788. The van der Waals surface area contributed by atoms with Crippen molar-refractivity contribution in [2.24, 2.45) is 4.99 Å².